The van der Waals surface area contributed by atoms with Gasteiger partial charge in [-0.3, -0.25) is 15.0 Å². The zero-order valence-corrected chi connectivity index (χ0v) is 27.7. The molecule has 1 aromatic heterocycles. The molecule has 1 atom stereocenters. The van der Waals surface area contributed by atoms with Gasteiger partial charge in [-0.1, -0.05) is 75.5 Å². The minimum Gasteiger partial charge on any atom is -0.480 e. The lowest BCUT2D eigenvalue weighted by Crippen LogP contribution is -2.40. The van der Waals surface area contributed by atoms with Gasteiger partial charge in [-0.15, -0.1) is 0 Å². The molecular formula is C33H42ClN3O6S. The van der Waals surface area contributed by atoms with Crippen molar-refractivity contribution in [2.24, 2.45) is 0 Å². The summed E-state index contributed by atoms with van der Waals surface area (Å²) in [6.07, 6.45) is 2.39. The number of halogens is 1. The quantitative estimate of drug-likeness (QED) is 0.199. The molecule has 0 spiro atoms. The van der Waals surface area contributed by atoms with Crippen LogP contribution in [-0.2, 0) is 31.3 Å². The maximum Gasteiger partial charge on any atom is 0.416 e. The van der Waals surface area contributed by atoms with Crippen LogP contribution in [0.2, 0.25) is 5.02 Å². The third-order valence-electron chi connectivity index (χ3n) is 7.04. The van der Waals surface area contributed by atoms with Gasteiger partial charge in [-0.05, 0) is 80.1 Å². The first-order chi connectivity index (χ1) is 20.5. The molecule has 3 rings (SSSR count). The van der Waals surface area contributed by atoms with E-state index in [-0.39, 0.29) is 28.4 Å². The maximum absolute atomic E-state index is 14.0. The fraction of sp³-hybridized carbons (Fsp3) is 0.424. The smallest absolute Gasteiger partial charge is 0.416 e. The van der Waals surface area contributed by atoms with Crippen molar-refractivity contribution in [1.29, 1.82) is 0 Å². The third kappa shape index (κ3) is 9.51. The Labute approximate surface area is 265 Å². The van der Waals surface area contributed by atoms with Gasteiger partial charge in [-0.25, -0.2) is 18.2 Å². The second-order valence-electron chi connectivity index (χ2n) is 12.3. The van der Waals surface area contributed by atoms with Gasteiger partial charge in [0.2, 0.25) is 0 Å². The molecule has 0 radical (unpaired) electrons. The number of pyridine rings is 1. The number of unbranched alkanes of at least 4 members (excludes halogenated alkanes) is 1. The van der Waals surface area contributed by atoms with Gasteiger partial charge in [0, 0.05) is 11.6 Å². The number of carboxylic acid groups (broad SMARTS) is 1. The summed E-state index contributed by atoms with van der Waals surface area (Å²) in [7, 11) is -4.08. The fourth-order valence-electron chi connectivity index (χ4n) is 4.61. The summed E-state index contributed by atoms with van der Waals surface area (Å²) >= 11 is 6.02. The van der Waals surface area contributed by atoms with Crippen molar-refractivity contribution in [3.8, 4) is 0 Å². The molecule has 3 aromatic rings. The van der Waals surface area contributed by atoms with Crippen molar-refractivity contribution in [3.05, 3.63) is 88.6 Å². The normalized spacial score (nSPS) is 12.9. The molecule has 0 fully saturated rings. The molecule has 238 valence electrons. The zero-order chi connectivity index (χ0) is 32.7. The first kappa shape index (κ1) is 35.0. The van der Waals surface area contributed by atoms with Crippen LogP contribution in [0.15, 0.2) is 71.6 Å². The number of rotatable bonds is 13. The van der Waals surface area contributed by atoms with Crippen LogP contribution < -0.4 is 10.2 Å². The minimum absolute atomic E-state index is 0.0166. The van der Waals surface area contributed by atoms with E-state index in [1.807, 2.05) is 12.1 Å². The Balaban J connectivity index is 2.00. The van der Waals surface area contributed by atoms with Crippen molar-refractivity contribution in [2.75, 3.05) is 11.4 Å². The monoisotopic (exact) mass is 643 g/mol. The molecule has 0 saturated heterocycles. The number of anilines is 1. The average Bonchev–Trinajstić information content (AvgIpc) is 2.94. The van der Waals surface area contributed by atoms with Gasteiger partial charge in [0.15, 0.2) is 15.2 Å². The van der Waals surface area contributed by atoms with Crippen LogP contribution in [0.1, 0.15) is 83.0 Å². The van der Waals surface area contributed by atoms with Crippen molar-refractivity contribution in [2.45, 2.75) is 88.6 Å². The highest BCUT2D eigenvalue weighted by Crippen LogP contribution is 2.31. The molecule has 44 heavy (non-hydrogen) atoms. The van der Waals surface area contributed by atoms with Crippen molar-refractivity contribution >= 4 is 39.3 Å². The molecular weight excluding hydrogens is 602 g/mol. The Morgan fingerprint density at radius 1 is 1.00 bits per heavy atom. The number of sulfone groups is 1. The van der Waals surface area contributed by atoms with E-state index in [9.17, 15) is 23.1 Å². The fourth-order valence-corrected chi connectivity index (χ4v) is 6.27. The standard InChI is InChI=1S/C33H42ClN3O6S/c1-7-8-20-33(5,6)24-14-12-23(13-15-24)21-35-30(44(41,42)26-18-16-25(34)17-19-26)27-10-9-11-28(36-27)37(22-29(38)39)31(40)43-32(2,3)4/h9-19,30,35H,7-8,20-22H2,1-6H3,(H,38,39). The van der Waals surface area contributed by atoms with Crippen LogP contribution in [-0.4, -0.2) is 42.7 Å². The van der Waals surface area contributed by atoms with Crippen LogP contribution >= 0.6 is 11.6 Å². The highest BCUT2D eigenvalue weighted by atomic mass is 35.5. The minimum atomic E-state index is -4.08. The Morgan fingerprint density at radius 2 is 1.64 bits per heavy atom. The lowest BCUT2D eigenvalue weighted by atomic mass is 9.80. The number of carbonyl (C=O) groups is 2. The summed E-state index contributed by atoms with van der Waals surface area (Å²) < 4.78 is 33.4. The Morgan fingerprint density at radius 3 is 2.20 bits per heavy atom. The molecule has 0 aliphatic heterocycles. The molecule has 0 saturated carbocycles. The number of hydrogen-bond donors (Lipinski definition) is 2. The van der Waals surface area contributed by atoms with Gasteiger partial charge >= 0.3 is 12.1 Å². The van der Waals surface area contributed by atoms with Crippen molar-refractivity contribution < 1.29 is 27.9 Å². The SMILES string of the molecule is CCCCC(C)(C)c1ccc(CNC(c2cccc(N(CC(=O)O)C(=O)OC(C)(C)C)n2)S(=O)(=O)c2ccc(Cl)cc2)cc1. The molecule has 0 bridgehead atoms. The highest BCUT2D eigenvalue weighted by molar-refractivity contribution is 7.91. The number of hydrogen-bond acceptors (Lipinski definition) is 7. The predicted molar refractivity (Wildman–Crippen MR) is 173 cm³/mol. The molecule has 0 aliphatic carbocycles. The van der Waals surface area contributed by atoms with Gasteiger partial charge in [0.05, 0.1) is 10.6 Å². The van der Waals surface area contributed by atoms with Crippen LogP contribution in [0.25, 0.3) is 0 Å². The van der Waals surface area contributed by atoms with Crippen LogP contribution in [0, 0.1) is 0 Å². The second-order valence-corrected chi connectivity index (χ2v) is 14.8. The topological polar surface area (TPSA) is 126 Å². The van der Waals surface area contributed by atoms with Crippen LogP contribution in [0.4, 0.5) is 10.6 Å². The summed E-state index contributed by atoms with van der Waals surface area (Å²) in [6.45, 7) is 11.0. The van der Waals surface area contributed by atoms with E-state index in [1.54, 1.807) is 20.8 Å². The Hall–Kier alpha value is -3.47. The number of benzene rings is 2. The summed E-state index contributed by atoms with van der Waals surface area (Å²) in [6, 6.07) is 18.4. The summed E-state index contributed by atoms with van der Waals surface area (Å²) in [4.78, 5) is 29.9. The number of nitrogens with zero attached hydrogens (tertiary/aromatic N) is 2. The van der Waals surface area contributed by atoms with E-state index in [1.165, 1.54) is 48.0 Å². The largest absolute Gasteiger partial charge is 0.480 e. The molecule has 1 unspecified atom stereocenters. The number of aromatic nitrogens is 1. The van der Waals surface area contributed by atoms with E-state index in [2.05, 4.69) is 43.2 Å². The lowest BCUT2D eigenvalue weighted by molar-refractivity contribution is -0.135. The third-order valence-corrected chi connectivity index (χ3v) is 9.25. The predicted octanol–water partition coefficient (Wildman–Crippen LogP) is 7.29. The summed E-state index contributed by atoms with van der Waals surface area (Å²) in [5, 5.41) is 11.7. The number of nitrogens with one attached hydrogen (secondary N) is 1. The molecule has 9 nitrogen and oxygen atoms in total. The highest BCUT2D eigenvalue weighted by Gasteiger charge is 2.32. The first-order valence-electron chi connectivity index (χ1n) is 14.5. The maximum atomic E-state index is 14.0. The van der Waals surface area contributed by atoms with Gasteiger partial charge in [0.25, 0.3) is 0 Å². The molecule has 2 N–H and O–H groups in total. The number of amides is 1. The molecule has 2 aromatic carbocycles. The molecule has 0 aliphatic rings. The molecule has 1 amide bonds. The van der Waals surface area contributed by atoms with Crippen molar-refractivity contribution in [3.63, 3.8) is 0 Å². The number of carboxylic acids is 1. The molecule has 11 heteroatoms. The first-order valence-corrected chi connectivity index (χ1v) is 16.5. The average molecular weight is 644 g/mol. The lowest BCUT2D eigenvalue weighted by Gasteiger charge is -2.27. The van der Waals surface area contributed by atoms with E-state index in [0.717, 1.165) is 29.7 Å². The Kier molecular flexibility index (Phi) is 11.6. The van der Waals surface area contributed by atoms with E-state index in [0.29, 0.717) is 5.02 Å². The van der Waals surface area contributed by atoms with Crippen LogP contribution in [0.3, 0.4) is 0 Å². The van der Waals surface area contributed by atoms with Gasteiger partial charge in [-0.2, -0.15) is 0 Å². The van der Waals surface area contributed by atoms with Gasteiger partial charge < -0.3 is 9.84 Å². The molecule has 1 heterocycles. The van der Waals surface area contributed by atoms with E-state index >= 15 is 0 Å². The summed E-state index contributed by atoms with van der Waals surface area (Å²) in [5.74, 6) is -1.34. The second kappa shape index (κ2) is 14.5. The number of aliphatic carboxylic acids is 1. The van der Waals surface area contributed by atoms with Crippen molar-refractivity contribution in [1.82, 2.24) is 10.3 Å². The van der Waals surface area contributed by atoms with Gasteiger partial charge in [0.1, 0.15) is 18.0 Å². The zero-order valence-electron chi connectivity index (χ0n) is 26.1. The Bertz CT molecular complexity index is 1530. The van der Waals surface area contributed by atoms with Crippen LogP contribution in [0.5, 0.6) is 0 Å². The summed E-state index contributed by atoms with van der Waals surface area (Å²) in [5.41, 5.74) is 1.27. The number of ether oxygens (including phenoxy) is 1. The van der Waals surface area contributed by atoms with E-state index < -0.39 is 39.4 Å². The number of carbonyl (C=O) groups excluding carboxylic acids is 1. The van der Waals surface area contributed by atoms with E-state index in [4.69, 9.17) is 16.3 Å².